The van der Waals surface area contributed by atoms with E-state index >= 15 is 0 Å². The Kier molecular flexibility index (Phi) is 7.90. The topological polar surface area (TPSA) is 115 Å². The number of hydrazone groups is 1. The second-order valence-corrected chi connectivity index (χ2v) is 10.3. The van der Waals surface area contributed by atoms with Gasteiger partial charge in [-0.05, 0) is 42.3 Å². The van der Waals surface area contributed by atoms with Crippen LogP contribution in [0.15, 0.2) is 65.3 Å². The Morgan fingerprint density at radius 3 is 2.42 bits per heavy atom. The molecule has 4 N–H and O–H groups in total. The summed E-state index contributed by atoms with van der Waals surface area (Å²) in [6.45, 7) is 1.94. The van der Waals surface area contributed by atoms with E-state index in [2.05, 4.69) is 15.8 Å². The molecule has 0 aliphatic carbocycles. The molecule has 3 heterocycles. The molecule has 4 rings (SSSR count). The number of hydrogen-bond acceptors (Lipinski definition) is 7. The molecule has 0 aliphatic heterocycles. The van der Waals surface area contributed by atoms with Crippen LogP contribution in [-0.2, 0) is 6.54 Å². The molecular formula is C24H19Cl2N4O4S2+. The van der Waals surface area contributed by atoms with Crippen LogP contribution in [0, 0.1) is 0 Å². The molecule has 8 nitrogen and oxygen atoms in total. The third-order valence-corrected chi connectivity index (χ3v) is 7.89. The smallest absolute Gasteiger partial charge is 0.281 e. The molecule has 2 amide bonds. The average Bonchev–Trinajstić information content (AvgIpc) is 3.51. The first-order valence-electron chi connectivity index (χ1n) is 10.4. The fourth-order valence-electron chi connectivity index (χ4n) is 3.12. The minimum Gasteiger partial charge on any atom is -0.506 e. The number of carbonyl (C=O) groups is 2. The van der Waals surface area contributed by atoms with E-state index in [9.17, 15) is 19.9 Å². The third-order valence-electron chi connectivity index (χ3n) is 5.05. The normalized spacial score (nSPS) is 11.4. The van der Waals surface area contributed by atoms with Gasteiger partial charge in [0.25, 0.3) is 11.8 Å². The molecule has 184 valence electrons. The summed E-state index contributed by atoms with van der Waals surface area (Å²) in [5, 5.41) is 29.4. The highest BCUT2D eigenvalue weighted by atomic mass is 35.5. The van der Waals surface area contributed by atoms with E-state index < -0.39 is 5.91 Å². The lowest BCUT2D eigenvalue weighted by atomic mass is 10.1. The van der Waals surface area contributed by atoms with Crippen molar-refractivity contribution >= 4 is 63.4 Å². The molecule has 0 atom stereocenters. The third kappa shape index (κ3) is 5.85. The first-order chi connectivity index (χ1) is 17.2. The van der Waals surface area contributed by atoms with Crippen LogP contribution >= 0.6 is 45.9 Å². The van der Waals surface area contributed by atoms with Crippen molar-refractivity contribution in [2.45, 2.75) is 13.5 Å². The monoisotopic (exact) mass is 561 g/mol. The van der Waals surface area contributed by atoms with Gasteiger partial charge in [0.2, 0.25) is 12.4 Å². The predicted octanol–water partition coefficient (Wildman–Crippen LogP) is 5.10. The van der Waals surface area contributed by atoms with Crippen molar-refractivity contribution in [1.29, 1.82) is 0 Å². The van der Waals surface area contributed by atoms with Crippen LogP contribution in [0.2, 0.25) is 10.0 Å². The molecule has 0 saturated carbocycles. The van der Waals surface area contributed by atoms with Crippen LogP contribution in [0.3, 0.4) is 0 Å². The molecule has 0 fully saturated rings. The molecule has 4 aromatic rings. The minimum atomic E-state index is -0.478. The number of carbonyl (C=O) groups excluding carboxylic acids is 2. The standard InChI is InChI=1S/C24H18Cl2N4O4S2/c1-13(16-12-35-22(21(16)31)15-2-3-17(25)18(26)10-15)28-29-24(33)20-5-4-19(36-20)23(32)27-11-14-6-8-30(34)9-7-14/h2-10,12H,11H2,1H3,(H3-,27,29,31,32,33,34)/p+1. The number of halogens is 2. The van der Waals surface area contributed by atoms with Crippen molar-refractivity contribution in [2.24, 2.45) is 5.10 Å². The Morgan fingerprint density at radius 1 is 1.03 bits per heavy atom. The first-order valence-corrected chi connectivity index (χ1v) is 12.9. The van der Waals surface area contributed by atoms with Crippen LogP contribution < -0.4 is 15.5 Å². The van der Waals surface area contributed by atoms with Gasteiger partial charge in [0, 0.05) is 28.8 Å². The molecule has 36 heavy (non-hydrogen) atoms. The summed E-state index contributed by atoms with van der Waals surface area (Å²) in [7, 11) is 0. The molecule has 0 aliphatic rings. The Morgan fingerprint density at radius 2 is 1.72 bits per heavy atom. The number of aromatic hydroxyl groups is 1. The molecule has 1 aromatic carbocycles. The summed E-state index contributed by atoms with van der Waals surface area (Å²) in [4.78, 5) is 26.2. The molecular weight excluding hydrogens is 543 g/mol. The van der Waals surface area contributed by atoms with Crippen molar-refractivity contribution in [3.05, 3.63) is 91.2 Å². The maximum absolute atomic E-state index is 12.6. The lowest BCUT2D eigenvalue weighted by molar-refractivity contribution is -0.904. The zero-order valence-corrected chi connectivity index (χ0v) is 21.8. The Hall–Kier alpha value is -3.44. The van der Waals surface area contributed by atoms with Crippen LogP contribution in [-0.4, -0.2) is 27.8 Å². The van der Waals surface area contributed by atoms with E-state index in [0.29, 0.717) is 41.5 Å². The SMILES string of the molecule is CC(=NNC(=O)c1ccc(C(=O)NCc2cc[n+](O)cc2)s1)c1csc(-c2ccc(Cl)c(Cl)c2)c1O. The van der Waals surface area contributed by atoms with Gasteiger partial charge in [-0.2, -0.15) is 5.10 Å². The molecule has 0 saturated heterocycles. The number of rotatable bonds is 7. The van der Waals surface area contributed by atoms with Gasteiger partial charge in [-0.1, -0.05) is 29.3 Å². The van der Waals surface area contributed by atoms with Gasteiger partial charge in [0.15, 0.2) is 0 Å². The average molecular weight is 562 g/mol. The zero-order valence-electron chi connectivity index (χ0n) is 18.7. The summed E-state index contributed by atoms with van der Waals surface area (Å²) in [6.07, 6.45) is 2.92. The van der Waals surface area contributed by atoms with Crippen LogP contribution in [0.4, 0.5) is 0 Å². The van der Waals surface area contributed by atoms with Gasteiger partial charge in [-0.3, -0.25) is 14.8 Å². The first kappa shape index (κ1) is 25.6. The van der Waals surface area contributed by atoms with E-state index in [1.54, 1.807) is 54.8 Å². The summed E-state index contributed by atoms with van der Waals surface area (Å²) >= 11 is 14.4. The number of nitrogens with one attached hydrogen (secondary N) is 2. The second-order valence-electron chi connectivity index (χ2n) is 7.53. The minimum absolute atomic E-state index is 0.0243. The number of thiophene rings is 2. The highest BCUT2D eigenvalue weighted by Gasteiger charge is 2.17. The van der Waals surface area contributed by atoms with Crippen molar-refractivity contribution < 1.29 is 24.6 Å². The van der Waals surface area contributed by atoms with E-state index in [-0.39, 0.29) is 18.2 Å². The van der Waals surface area contributed by atoms with Gasteiger partial charge in [-0.15, -0.1) is 22.7 Å². The fourth-order valence-corrected chi connectivity index (χ4v) is 5.23. The van der Waals surface area contributed by atoms with Crippen LogP contribution in [0.1, 0.15) is 37.4 Å². The number of hydrogen-bond donors (Lipinski definition) is 4. The van der Waals surface area contributed by atoms with E-state index in [1.807, 2.05) is 0 Å². The number of amides is 2. The second kappa shape index (κ2) is 11.1. The van der Waals surface area contributed by atoms with Crippen molar-refractivity contribution in [2.75, 3.05) is 0 Å². The quantitative estimate of drug-likeness (QED) is 0.109. The Labute approximate surface area is 224 Å². The lowest BCUT2D eigenvalue weighted by Crippen LogP contribution is -2.29. The summed E-state index contributed by atoms with van der Waals surface area (Å²) in [5.41, 5.74) is 4.87. The van der Waals surface area contributed by atoms with Crippen molar-refractivity contribution in [1.82, 2.24) is 10.7 Å². The summed E-state index contributed by atoms with van der Waals surface area (Å²) in [5.74, 6) is -0.776. The number of benzene rings is 1. The molecule has 0 bridgehead atoms. The maximum Gasteiger partial charge on any atom is 0.281 e. The molecule has 0 radical (unpaired) electrons. The van der Waals surface area contributed by atoms with E-state index in [0.717, 1.165) is 21.6 Å². The van der Waals surface area contributed by atoms with Gasteiger partial charge in [0.05, 0.1) is 36.0 Å². The number of pyridine rings is 1. The molecule has 0 unspecified atom stereocenters. The van der Waals surface area contributed by atoms with Crippen LogP contribution in [0.5, 0.6) is 5.75 Å². The highest BCUT2D eigenvalue weighted by Crippen LogP contribution is 2.40. The van der Waals surface area contributed by atoms with Crippen molar-refractivity contribution in [3.63, 3.8) is 0 Å². The number of nitrogens with zero attached hydrogens (tertiary/aromatic N) is 2. The van der Waals surface area contributed by atoms with Gasteiger partial charge in [0.1, 0.15) is 5.75 Å². The van der Waals surface area contributed by atoms with Gasteiger partial charge < -0.3 is 10.4 Å². The molecule has 12 heteroatoms. The maximum atomic E-state index is 12.6. The molecule has 3 aromatic heterocycles. The summed E-state index contributed by atoms with van der Waals surface area (Å²) < 4.78 is 0.911. The van der Waals surface area contributed by atoms with Crippen LogP contribution in [0.25, 0.3) is 10.4 Å². The van der Waals surface area contributed by atoms with E-state index in [4.69, 9.17) is 23.2 Å². The van der Waals surface area contributed by atoms with Gasteiger partial charge >= 0.3 is 0 Å². The summed E-state index contributed by atoms with van der Waals surface area (Å²) in [6, 6.07) is 11.5. The van der Waals surface area contributed by atoms with E-state index in [1.165, 1.54) is 23.7 Å². The number of aromatic nitrogens is 1. The van der Waals surface area contributed by atoms with Crippen molar-refractivity contribution in [3.8, 4) is 16.2 Å². The predicted molar refractivity (Wildman–Crippen MR) is 140 cm³/mol. The Bertz CT molecular complexity index is 1470. The lowest BCUT2D eigenvalue weighted by Gasteiger charge is -2.04. The largest absolute Gasteiger partial charge is 0.506 e. The fraction of sp³-hybridized carbons (Fsp3) is 0.0833. The zero-order chi connectivity index (χ0) is 25.8. The Balaban J connectivity index is 1.39. The highest BCUT2D eigenvalue weighted by molar-refractivity contribution is 7.16. The van der Waals surface area contributed by atoms with Gasteiger partial charge in [-0.25, -0.2) is 5.43 Å². The molecule has 0 spiro atoms.